The Kier molecular flexibility index (Phi) is 11.9. The van der Waals surface area contributed by atoms with Crippen LogP contribution in [-0.4, -0.2) is 116 Å². The largest absolute Gasteiger partial charge is 0.491 e. The number of carbonyl (C=O) groups is 4. The summed E-state index contributed by atoms with van der Waals surface area (Å²) in [5.41, 5.74) is 1.68. The second-order valence-corrected chi connectivity index (χ2v) is 16.9. The summed E-state index contributed by atoms with van der Waals surface area (Å²) in [4.78, 5) is 69.1. The van der Waals surface area contributed by atoms with Crippen molar-refractivity contribution in [2.24, 2.45) is 5.92 Å². The topological polar surface area (TPSA) is 157 Å². The first kappa shape index (κ1) is 43.1. The molecule has 5 aliphatic heterocycles. The van der Waals surface area contributed by atoms with Gasteiger partial charge in [-0.1, -0.05) is 103 Å². The number of aliphatic hydroxyl groups excluding tert-OH is 1. The average molecular weight is 895 g/mol. The van der Waals surface area contributed by atoms with E-state index in [4.69, 9.17) is 28.4 Å². The van der Waals surface area contributed by atoms with Crippen LogP contribution in [0.25, 0.3) is 0 Å². The molecule has 3 amide bonds. The second kappa shape index (κ2) is 18.2. The average Bonchev–Trinajstić information content (AvgIpc) is 4.03. The fourth-order valence-electron chi connectivity index (χ4n) is 10.7. The van der Waals surface area contributed by atoms with Crippen molar-refractivity contribution in [3.05, 3.63) is 155 Å². The van der Waals surface area contributed by atoms with Crippen LogP contribution in [0.5, 0.6) is 17.2 Å². The molecule has 66 heavy (non-hydrogen) atoms. The maximum atomic E-state index is 16.3. The number of nitrogens with zero attached hydrogens (tertiary/aromatic N) is 4. The van der Waals surface area contributed by atoms with Gasteiger partial charge < -0.3 is 38.4 Å². The third-order valence-corrected chi connectivity index (χ3v) is 13.4. The molecule has 3 saturated heterocycles. The Morgan fingerprint density at radius 2 is 1.45 bits per heavy atom. The maximum Gasteiger partial charge on any atom is 0.421 e. The lowest BCUT2D eigenvalue weighted by Gasteiger charge is -2.46. The van der Waals surface area contributed by atoms with Gasteiger partial charge in [0.25, 0.3) is 0 Å². The zero-order valence-corrected chi connectivity index (χ0v) is 36.4. The Balaban J connectivity index is 1.16. The van der Waals surface area contributed by atoms with Crippen LogP contribution >= 0.6 is 0 Å². The van der Waals surface area contributed by atoms with Gasteiger partial charge >= 0.3 is 12.1 Å². The summed E-state index contributed by atoms with van der Waals surface area (Å²) in [5, 5.41) is 10.0. The number of anilines is 1. The molecular weight excluding hydrogens is 845 g/mol. The van der Waals surface area contributed by atoms with E-state index in [0.717, 1.165) is 16.0 Å². The molecule has 15 nitrogen and oxygen atoms in total. The highest BCUT2D eigenvalue weighted by molar-refractivity contribution is 6.23. The molecule has 5 aromatic carbocycles. The lowest BCUT2D eigenvalue weighted by Crippen LogP contribution is -2.59. The Labute approximate surface area is 381 Å². The molecule has 15 heteroatoms. The number of carbonyl (C=O) groups excluding carboxylic acids is 4. The molecule has 0 radical (unpaired) electrons. The molecule has 340 valence electrons. The summed E-state index contributed by atoms with van der Waals surface area (Å²) in [6, 6.07) is 35.8. The molecule has 6 atom stereocenters. The van der Waals surface area contributed by atoms with Gasteiger partial charge in [0.05, 0.1) is 36.9 Å². The third kappa shape index (κ3) is 7.32. The number of aliphatic hydroxyl groups is 1. The minimum Gasteiger partial charge on any atom is -0.491 e. The molecule has 10 rings (SSSR count). The SMILES string of the molecule is COCCOC(=O)N1C(=O)[C@@]2(c3ccccc31)[C@H](C(=O)N1CCN(Cc3ccc4c(c3)OCO4)CC1)[C@H]1C(=O)O[C@H](c3ccccc3)[C@H](c3ccccc3)N1[C@@H]2c1ccccc1OCCO. The van der Waals surface area contributed by atoms with E-state index < -0.39 is 59.4 Å². The Hall–Kier alpha value is -6.78. The molecule has 1 spiro atoms. The van der Waals surface area contributed by atoms with Gasteiger partial charge in [-0.25, -0.2) is 9.69 Å². The predicted octanol–water partition coefficient (Wildman–Crippen LogP) is 5.58. The second-order valence-electron chi connectivity index (χ2n) is 16.9. The summed E-state index contributed by atoms with van der Waals surface area (Å²) < 4.78 is 34.9. The van der Waals surface area contributed by atoms with Crippen LogP contribution < -0.4 is 19.1 Å². The van der Waals surface area contributed by atoms with Crippen LogP contribution in [0.4, 0.5) is 10.5 Å². The molecule has 5 heterocycles. The van der Waals surface area contributed by atoms with Crippen molar-refractivity contribution in [2.45, 2.75) is 36.2 Å². The number of imide groups is 1. The third-order valence-electron chi connectivity index (χ3n) is 13.4. The highest BCUT2D eigenvalue weighted by Gasteiger charge is 2.76. The molecule has 0 aromatic heterocycles. The molecule has 0 unspecified atom stereocenters. The number of cyclic esters (lactones) is 1. The Bertz CT molecular complexity index is 2610. The molecule has 0 bridgehead atoms. The number of morpholine rings is 1. The van der Waals surface area contributed by atoms with E-state index in [1.807, 2.05) is 95.9 Å². The lowest BCUT2D eigenvalue weighted by atomic mass is 9.65. The Morgan fingerprint density at radius 3 is 2.21 bits per heavy atom. The predicted molar refractivity (Wildman–Crippen MR) is 239 cm³/mol. The van der Waals surface area contributed by atoms with E-state index in [2.05, 4.69) is 4.90 Å². The smallest absolute Gasteiger partial charge is 0.421 e. The zero-order chi connectivity index (χ0) is 45.4. The number of piperazine rings is 1. The molecule has 0 aliphatic carbocycles. The Morgan fingerprint density at radius 1 is 0.758 bits per heavy atom. The van der Waals surface area contributed by atoms with Gasteiger partial charge in [0.15, 0.2) is 11.5 Å². The zero-order valence-electron chi connectivity index (χ0n) is 36.4. The summed E-state index contributed by atoms with van der Waals surface area (Å²) in [6.07, 6.45) is -1.83. The summed E-state index contributed by atoms with van der Waals surface area (Å²) >= 11 is 0. The van der Waals surface area contributed by atoms with E-state index in [1.54, 1.807) is 41.3 Å². The number of para-hydroxylation sites is 2. The van der Waals surface area contributed by atoms with Gasteiger partial charge in [0, 0.05) is 45.4 Å². The molecular formula is C51H50N4O11. The fourth-order valence-corrected chi connectivity index (χ4v) is 10.7. The number of fused-ring (bicyclic) bond motifs is 4. The van der Waals surface area contributed by atoms with E-state index in [-0.39, 0.29) is 38.9 Å². The normalized spacial score (nSPS) is 24.5. The van der Waals surface area contributed by atoms with Gasteiger partial charge in [-0.15, -0.1) is 0 Å². The van der Waals surface area contributed by atoms with Crippen LogP contribution in [0, 0.1) is 5.92 Å². The fraction of sp³-hybridized carbons (Fsp3) is 0.333. The number of hydrogen-bond acceptors (Lipinski definition) is 13. The van der Waals surface area contributed by atoms with Crippen LogP contribution in [0.3, 0.4) is 0 Å². The summed E-state index contributed by atoms with van der Waals surface area (Å²) in [7, 11) is 1.48. The maximum absolute atomic E-state index is 16.3. The van der Waals surface area contributed by atoms with E-state index in [0.29, 0.717) is 66.7 Å². The van der Waals surface area contributed by atoms with E-state index in [9.17, 15) is 9.90 Å². The van der Waals surface area contributed by atoms with E-state index >= 15 is 14.4 Å². The lowest BCUT2D eigenvalue weighted by molar-refractivity contribution is -0.179. The number of methoxy groups -OCH3 is 1. The quantitative estimate of drug-likeness (QED) is 0.123. The number of amides is 3. The van der Waals surface area contributed by atoms with Crippen molar-refractivity contribution < 1.29 is 52.7 Å². The standard InChI is InChI=1S/C51H50N4O11/c1-61-28-29-63-50(60)54-38-18-10-9-17-37(38)51(49(54)59)42(47(57)53-24-22-52(23-25-53)31-33-20-21-40-41(30-33)65-32-64-40)44-48(58)66-45(35-14-6-3-7-15-35)43(34-12-4-2-5-13-34)55(44)46(51)36-16-8-11-19-39(36)62-27-26-56/h2-21,30,42-46,56H,22-29,31-32H2,1H3/t42-,43-,44-,45+,46+,51-/m0/s1. The number of benzene rings is 5. The first-order chi connectivity index (χ1) is 32.3. The molecule has 3 fully saturated rings. The van der Waals surface area contributed by atoms with Gasteiger partial charge in [-0.2, -0.15) is 0 Å². The van der Waals surface area contributed by atoms with Crippen molar-refractivity contribution in [2.75, 3.05) is 71.4 Å². The highest BCUT2D eigenvalue weighted by Crippen LogP contribution is 2.66. The van der Waals surface area contributed by atoms with Crippen molar-refractivity contribution >= 4 is 29.6 Å². The van der Waals surface area contributed by atoms with E-state index in [1.165, 1.54) is 7.11 Å². The molecule has 5 aromatic rings. The number of esters is 1. The highest BCUT2D eigenvalue weighted by atomic mass is 16.7. The van der Waals surface area contributed by atoms with Crippen molar-refractivity contribution in [1.82, 2.24) is 14.7 Å². The van der Waals surface area contributed by atoms with Crippen LogP contribution in [0.2, 0.25) is 0 Å². The molecule has 0 saturated carbocycles. The van der Waals surface area contributed by atoms with Crippen molar-refractivity contribution in [3.63, 3.8) is 0 Å². The minimum absolute atomic E-state index is 0.0711. The monoisotopic (exact) mass is 894 g/mol. The van der Waals surface area contributed by atoms with Crippen LogP contribution in [0.15, 0.2) is 127 Å². The van der Waals surface area contributed by atoms with Crippen LogP contribution in [-0.2, 0) is 40.6 Å². The first-order valence-electron chi connectivity index (χ1n) is 22.2. The van der Waals surface area contributed by atoms with Gasteiger partial charge in [0.2, 0.25) is 18.6 Å². The van der Waals surface area contributed by atoms with Crippen LogP contribution in [0.1, 0.15) is 46.0 Å². The molecule has 5 aliphatic rings. The van der Waals surface area contributed by atoms with Crippen molar-refractivity contribution in [1.29, 1.82) is 0 Å². The summed E-state index contributed by atoms with van der Waals surface area (Å²) in [5.74, 6) is -1.52. The van der Waals surface area contributed by atoms with Gasteiger partial charge in [0.1, 0.15) is 36.5 Å². The summed E-state index contributed by atoms with van der Waals surface area (Å²) in [6.45, 7) is 1.97. The number of ether oxygens (including phenoxy) is 6. The van der Waals surface area contributed by atoms with Gasteiger partial charge in [-0.05, 0) is 46.5 Å². The minimum atomic E-state index is -1.95. The van der Waals surface area contributed by atoms with Gasteiger partial charge in [-0.3, -0.25) is 24.2 Å². The first-order valence-corrected chi connectivity index (χ1v) is 22.2. The number of rotatable bonds is 12. The molecule has 1 N–H and O–H groups in total. The number of hydrogen-bond donors (Lipinski definition) is 1. The van der Waals surface area contributed by atoms with Crippen molar-refractivity contribution in [3.8, 4) is 17.2 Å².